The van der Waals surface area contributed by atoms with Crippen molar-refractivity contribution in [2.24, 2.45) is 11.7 Å². The van der Waals surface area contributed by atoms with Crippen molar-refractivity contribution in [3.63, 3.8) is 0 Å². The van der Waals surface area contributed by atoms with Crippen LogP contribution in [-0.2, 0) is 6.42 Å². The second kappa shape index (κ2) is 3.77. The maximum absolute atomic E-state index is 6.14. The Morgan fingerprint density at radius 1 is 1.41 bits per heavy atom. The van der Waals surface area contributed by atoms with Crippen molar-refractivity contribution in [3.05, 3.63) is 23.4 Å². The molecule has 1 saturated carbocycles. The molecule has 3 rings (SSSR count). The highest BCUT2D eigenvalue weighted by Crippen LogP contribution is 2.32. The van der Waals surface area contributed by atoms with Crippen LogP contribution in [-0.4, -0.2) is 25.6 Å². The molecule has 1 aliphatic carbocycles. The van der Waals surface area contributed by atoms with Crippen LogP contribution in [0.1, 0.15) is 30.2 Å². The van der Waals surface area contributed by atoms with E-state index in [1.54, 1.807) is 0 Å². The van der Waals surface area contributed by atoms with Crippen LogP contribution in [0.2, 0.25) is 0 Å². The summed E-state index contributed by atoms with van der Waals surface area (Å²) in [5.41, 5.74) is 7.98. The summed E-state index contributed by atoms with van der Waals surface area (Å²) in [6, 6.07) is 2.16. The van der Waals surface area contributed by atoms with Crippen molar-refractivity contribution in [2.45, 2.75) is 39.2 Å². The zero-order valence-corrected chi connectivity index (χ0v) is 10.2. The van der Waals surface area contributed by atoms with E-state index in [2.05, 4.69) is 15.2 Å². The molecule has 1 aliphatic rings. The Morgan fingerprint density at radius 3 is 2.88 bits per heavy atom. The quantitative estimate of drug-likeness (QED) is 0.856. The molecule has 2 aromatic rings. The van der Waals surface area contributed by atoms with Gasteiger partial charge in [-0.05, 0) is 32.6 Å². The number of hydrogen-bond acceptors (Lipinski definition) is 4. The SMILES string of the molecule is Cc1cc2nnc(CC(N)C3CC3)n2c(C)n1. The van der Waals surface area contributed by atoms with E-state index in [-0.39, 0.29) is 6.04 Å². The second-order valence-electron chi connectivity index (χ2n) is 4.96. The molecule has 5 nitrogen and oxygen atoms in total. The van der Waals surface area contributed by atoms with Gasteiger partial charge in [-0.25, -0.2) is 4.98 Å². The van der Waals surface area contributed by atoms with Crippen molar-refractivity contribution in [3.8, 4) is 0 Å². The van der Waals surface area contributed by atoms with Crippen LogP contribution < -0.4 is 5.73 Å². The minimum atomic E-state index is 0.211. The van der Waals surface area contributed by atoms with Gasteiger partial charge in [0, 0.05) is 24.2 Å². The molecule has 2 heterocycles. The second-order valence-corrected chi connectivity index (χ2v) is 4.96. The molecule has 0 saturated heterocycles. The summed E-state index contributed by atoms with van der Waals surface area (Å²) in [5.74, 6) is 2.55. The lowest BCUT2D eigenvalue weighted by Gasteiger charge is -2.09. The first-order chi connectivity index (χ1) is 8.15. The van der Waals surface area contributed by atoms with E-state index in [0.29, 0.717) is 5.92 Å². The molecule has 90 valence electrons. The van der Waals surface area contributed by atoms with Crippen LogP contribution in [0.5, 0.6) is 0 Å². The predicted octanol–water partition coefficient (Wildman–Crippen LogP) is 1.02. The Kier molecular flexibility index (Phi) is 2.36. The molecule has 0 radical (unpaired) electrons. The fourth-order valence-corrected chi connectivity index (χ4v) is 2.33. The lowest BCUT2D eigenvalue weighted by atomic mass is 10.1. The zero-order chi connectivity index (χ0) is 12.0. The Balaban J connectivity index is 1.99. The summed E-state index contributed by atoms with van der Waals surface area (Å²) in [5, 5.41) is 8.43. The van der Waals surface area contributed by atoms with E-state index in [1.165, 1.54) is 12.8 Å². The Labute approximate surface area is 100 Å². The number of nitrogens with zero attached hydrogens (tertiary/aromatic N) is 4. The van der Waals surface area contributed by atoms with Gasteiger partial charge in [0.2, 0.25) is 0 Å². The molecule has 1 unspecified atom stereocenters. The lowest BCUT2D eigenvalue weighted by molar-refractivity contribution is 0.570. The Morgan fingerprint density at radius 2 is 2.18 bits per heavy atom. The fourth-order valence-electron chi connectivity index (χ4n) is 2.33. The molecular formula is C12H17N5. The number of rotatable bonds is 3. The summed E-state index contributed by atoms with van der Waals surface area (Å²) in [6.45, 7) is 3.95. The standard InChI is InChI=1S/C12H17N5/c1-7-5-11-15-16-12(17(11)8(2)14-7)6-10(13)9-3-4-9/h5,9-10H,3-4,6,13H2,1-2H3. The van der Waals surface area contributed by atoms with Crippen LogP contribution in [0.3, 0.4) is 0 Å². The molecule has 0 amide bonds. The van der Waals surface area contributed by atoms with Gasteiger partial charge in [-0.3, -0.25) is 4.40 Å². The van der Waals surface area contributed by atoms with E-state index < -0.39 is 0 Å². The maximum atomic E-state index is 6.14. The number of fused-ring (bicyclic) bond motifs is 1. The van der Waals surface area contributed by atoms with Gasteiger partial charge in [0.25, 0.3) is 0 Å². The highest BCUT2D eigenvalue weighted by molar-refractivity contribution is 5.39. The molecule has 2 N–H and O–H groups in total. The molecule has 0 spiro atoms. The molecule has 2 aromatic heterocycles. The topological polar surface area (TPSA) is 69.1 Å². The van der Waals surface area contributed by atoms with Crippen molar-refractivity contribution in [1.82, 2.24) is 19.6 Å². The van der Waals surface area contributed by atoms with E-state index in [1.807, 2.05) is 24.3 Å². The number of nitrogens with two attached hydrogens (primary N) is 1. The smallest absolute Gasteiger partial charge is 0.164 e. The number of hydrogen-bond donors (Lipinski definition) is 1. The number of aromatic nitrogens is 4. The summed E-state index contributed by atoms with van der Waals surface area (Å²) in [7, 11) is 0. The average molecular weight is 231 g/mol. The third-order valence-corrected chi connectivity index (χ3v) is 3.40. The first-order valence-electron chi connectivity index (χ1n) is 6.09. The van der Waals surface area contributed by atoms with Gasteiger partial charge < -0.3 is 5.73 Å². The average Bonchev–Trinajstić information content (AvgIpc) is 3.02. The normalized spacial score (nSPS) is 17.6. The van der Waals surface area contributed by atoms with Gasteiger partial charge in [0.15, 0.2) is 5.65 Å². The van der Waals surface area contributed by atoms with Gasteiger partial charge in [-0.2, -0.15) is 0 Å². The molecule has 1 atom stereocenters. The van der Waals surface area contributed by atoms with Gasteiger partial charge in [-0.15, -0.1) is 10.2 Å². The molecule has 0 bridgehead atoms. The van der Waals surface area contributed by atoms with Gasteiger partial charge in [0.1, 0.15) is 11.6 Å². The van der Waals surface area contributed by atoms with E-state index in [9.17, 15) is 0 Å². The first-order valence-corrected chi connectivity index (χ1v) is 6.09. The highest BCUT2D eigenvalue weighted by Gasteiger charge is 2.29. The monoisotopic (exact) mass is 231 g/mol. The van der Waals surface area contributed by atoms with Crippen molar-refractivity contribution in [1.29, 1.82) is 0 Å². The molecule has 17 heavy (non-hydrogen) atoms. The van der Waals surface area contributed by atoms with E-state index in [4.69, 9.17) is 5.73 Å². The van der Waals surface area contributed by atoms with E-state index >= 15 is 0 Å². The predicted molar refractivity (Wildman–Crippen MR) is 64.7 cm³/mol. The highest BCUT2D eigenvalue weighted by atomic mass is 15.3. The summed E-state index contributed by atoms with van der Waals surface area (Å²) in [4.78, 5) is 4.44. The van der Waals surface area contributed by atoms with E-state index in [0.717, 1.165) is 29.4 Å². The third-order valence-electron chi connectivity index (χ3n) is 3.40. The molecule has 5 heteroatoms. The first kappa shape index (κ1) is 10.7. The zero-order valence-electron chi connectivity index (χ0n) is 10.2. The summed E-state index contributed by atoms with van der Waals surface area (Å²) < 4.78 is 2.01. The van der Waals surface area contributed by atoms with Crippen LogP contribution in [0.25, 0.3) is 5.65 Å². The van der Waals surface area contributed by atoms with Crippen LogP contribution >= 0.6 is 0 Å². The van der Waals surface area contributed by atoms with Crippen LogP contribution in [0.15, 0.2) is 6.07 Å². The fraction of sp³-hybridized carbons (Fsp3) is 0.583. The minimum absolute atomic E-state index is 0.211. The van der Waals surface area contributed by atoms with Crippen LogP contribution in [0.4, 0.5) is 0 Å². The molecular weight excluding hydrogens is 214 g/mol. The maximum Gasteiger partial charge on any atom is 0.164 e. The molecule has 0 aliphatic heterocycles. The lowest BCUT2D eigenvalue weighted by Crippen LogP contribution is -2.26. The summed E-state index contributed by atoms with van der Waals surface area (Å²) >= 11 is 0. The molecule has 1 fully saturated rings. The van der Waals surface area contributed by atoms with Crippen molar-refractivity contribution in [2.75, 3.05) is 0 Å². The van der Waals surface area contributed by atoms with Crippen molar-refractivity contribution < 1.29 is 0 Å². The third kappa shape index (κ3) is 1.91. The van der Waals surface area contributed by atoms with Gasteiger partial charge in [0.05, 0.1) is 0 Å². The van der Waals surface area contributed by atoms with Crippen LogP contribution in [0, 0.1) is 19.8 Å². The Hall–Kier alpha value is -1.49. The minimum Gasteiger partial charge on any atom is -0.327 e. The van der Waals surface area contributed by atoms with Gasteiger partial charge >= 0.3 is 0 Å². The largest absolute Gasteiger partial charge is 0.327 e. The van der Waals surface area contributed by atoms with Gasteiger partial charge in [-0.1, -0.05) is 0 Å². The summed E-state index contributed by atoms with van der Waals surface area (Å²) in [6.07, 6.45) is 3.31. The van der Waals surface area contributed by atoms with Crippen molar-refractivity contribution >= 4 is 5.65 Å². The number of aryl methyl sites for hydroxylation is 2. The Bertz CT molecular complexity index is 555. The molecule has 0 aromatic carbocycles.